The Morgan fingerprint density at radius 3 is 2.46 bits per heavy atom. The number of allylic oxidation sites excluding steroid dienone is 1. The van der Waals surface area contributed by atoms with Crippen molar-refractivity contribution in [3.8, 4) is 17.6 Å². The van der Waals surface area contributed by atoms with Gasteiger partial charge in [-0.25, -0.2) is 0 Å². The molecule has 0 saturated heterocycles. The van der Waals surface area contributed by atoms with E-state index >= 15 is 0 Å². The lowest BCUT2D eigenvalue weighted by atomic mass is 10.0. The second-order valence-electron chi connectivity index (χ2n) is 5.99. The van der Waals surface area contributed by atoms with Crippen molar-refractivity contribution in [1.82, 2.24) is 0 Å². The molecule has 0 aliphatic carbocycles. The molecule has 3 aromatic carbocycles. The average molecular weight is 455 g/mol. The Balaban J connectivity index is 1.89. The zero-order valence-corrected chi connectivity index (χ0v) is 17.5. The van der Waals surface area contributed by atoms with Crippen molar-refractivity contribution in [3.63, 3.8) is 0 Å². The summed E-state index contributed by atoms with van der Waals surface area (Å²) < 4.78 is 12.3. The van der Waals surface area contributed by atoms with Gasteiger partial charge in [-0.15, -0.1) is 0 Å². The van der Waals surface area contributed by atoms with Crippen LogP contribution >= 0.6 is 27.5 Å². The van der Waals surface area contributed by atoms with Crippen LogP contribution in [0.25, 0.3) is 11.6 Å². The zero-order valence-electron chi connectivity index (χ0n) is 15.2. The van der Waals surface area contributed by atoms with E-state index in [1.165, 1.54) is 0 Å². The molecule has 0 N–H and O–H groups in total. The van der Waals surface area contributed by atoms with Gasteiger partial charge in [-0.3, -0.25) is 0 Å². The summed E-state index contributed by atoms with van der Waals surface area (Å²) in [7, 11) is 1.56. The summed E-state index contributed by atoms with van der Waals surface area (Å²) in [5, 5.41) is 9.98. The van der Waals surface area contributed by atoms with Gasteiger partial charge in [-0.05, 0) is 47.0 Å². The predicted octanol–water partition coefficient (Wildman–Crippen LogP) is 6.75. The van der Waals surface area contributed by atoms with Crippen molar-refractivity contribution in [2.45, 2.75) is 6.61 Å². The zero-order chi connectivity index (χ0) is 19.9. The molecule has 28 heavy (non-hydrogen) atoms. The molecule has 3 rings (SSSR count). The third kappa shape index (κ3) is 4.95. The van der Waals surface area contributed by atoms with Crippen LogP contribution in [0.5, 0.6) is 11.5 Å². The van der Waals surface area contributed by atoms with Crippen molar-refractivity contribution in [2.24, 2.45) is 0 Å². The molecule has 0 aliphatic heterocycles. The monoisotopic (exact) mass is 453 g/mol. The standard InChI is InChI=1S/C23H17BrClNO2/c1-27-22-13-17(11-19(14-26)18-7-9-20(24)10-8-18)12-21(25)23(22)28-15-16-5-3-2-4-6-16/h2-13H,15H2,1H3/b19-11+. The van der Waals surface area contributed by atoms with E-state index in [1.807, 2.05) is 60.7 Å². The molecule has 0 aliphatic rings. The maximum Gasteiger partial charge on any atom is 0.180 e. The van der Waals surface area contributed by atoms with Crippen molar-refractivity contribution in [3.05, 3.63) is 92.9 Å². The van der Waals surface area contributed by atoms with E-state index in [2.05, 4.69) is 22.0 Å². The van der Waals surface area contributed by atoms with Gasteiger partial charge < -0.3 is 9.47 Å². The van der Waals surface area contributed by atoms with Gasteiger partial charge >= 0.3 is 0 Å². The van der Waals surface area contributed by atoms with E-state index in [9.17, 15) is 5.26 Å². The molecular weight excluding hydrogens is 438 g/mol. The SMILES string of the molecule is COc1cc(/C=C(\C#N)c2ccc(Br)cc2)cc(Cl)c1OCc1ccccc1. The van der Waals surface area contributed by atoms with E-state index in [0.29, 0.717) is 28.7 Å². The van der Waals surface area contributed by atoms with Crippen molar-refractivity contribution in [1.29, 1.82) is 5.26 Å². The summed E-state index contributed by atoms with van der Waals surface area (Å²) in [4.78, 5) is 0. The van der Waals surface area contributed by atoms with Crippen molar-refractivity contribution >= 4 is 39.2 Å². The van der Waals surface area contributed by atoms with Gasteiger partial charge in [-0.2, -0.15) is 5.26 Å². The molecular formula is C23H17BrClNO2. The predicted molar refractivity (Wildman–Crippen MR) is 116 cm³/mol. The van der Waals surface area contributed by atoms with Gasteiger partial charge in [0.15, 0.2) is 11.5 Å². The minimum atomic E-state index is 0.383. The lowest BCUT2D eigenvalue weighted by molar-refractivity contribution is 0.284. The van der Waals surface area contributed by atoms with E-state index in [1.54, 1.807) is 19.3 Å². The number of nitriles is 1. The lowest BCUT2D eigenvalue weighted by Gasteiger charge is -2.13. The summed E-state index contributed by atoms with van der Waals surface area (Å²) in [6.45, 7) is 0.383. The highest BCUT2D eigenvalue weighted by atomic mass is 79.9. The lowest BCUT2D eigenvalue weighted by Crippen LogP contribution is -1.99. The number of nitrogens with zero attached hydrogens (tertiary/aromatic N) is 1. The van der Waals surface area contributed by atoms with Crippen LogP contribution in [-0.2, 0) is 6.61 Å². The Morgan fingerprint density at radius 1 is 1.11 bits per heavy atom. The van der Waals surface area contributed by atoms with Gasteiger partial charge in [0.2, 0.25) is 0 Å². The maximum absolute atomic E-state index is 9.55. The Labute approximate surface area is 177 Å². The first-order chi connectivity index (χ1) is 13.6. The third-order valence-electron chi connectivity index (χ3n) is 4.06. The van der Waals surface area contributed by atoms with Crippen LogP contribution in [0.1, 0.15) is 16.7 Å². The van der Waals surface area contributed by atoms with Crippen LogP contribution in [-0.4, -0.2) is 7.11 Å². The number of ether oxygens (including phenoxy) is 2. The molecule has 0 heterocycles. The van der Waals surface area contributed by atoms with Crippen LogP contribution in [0.2, 0.25) is 5.02 Å². The van der Waals surface area contributed by atoms with Crippen LogP contribution in [0.3, 0.4) is 0 Å². The minimum Gasteiger partial charge on any atom is -0.493 e. The van der Waals surface area contributed by atoms with E-state index in [4.69, 9.17) is 21.1 Å². The first kappa shape index (κ1) is 20.0. The second kappa shape index (κ2) is 9.45. The molecule has 3 nitrogen and oxygen atoms in total. The van der Waals surface area contributed by atoms with Gasteiger partial charge in [0.05, 0.1) is 23.8 Å². The average Bonchev–Trinajstić information content (AvgIpc) is 2.72. The fourth-order valence-electron chi connectivity index (χ4n) is 2.67. The largest absolute Gasteiger partial charge is 0.493 e. The van der Waals surface area contributed by atoms with Crippen LogP contribution < -0.4 is 9.47 Å². The highest BCUT2D eigenvalue weighted by Crippen LogP contribution is 2.38. The molecule has 0 spiro atoms. The molecule has 140 valence electrons. The Bertz CT molecular complexity index is 1020. The fourth-order valence-corrected chi connectivity index (χ4v) is 3.21. The molecule has 0 saturated carbocycles. The molecule has 0 atom stereocenters. The minimum absolute atomic E-state index is 0.383. The summed E-state index contributed by atoms with van der Waals surface area (Å²) in [5.41, 5.74) is 3.15. The van der Waals surface area contributed by atoms with Crippen LogP contribution in [0.4, 0.5) is 0 Å². The summed E-state index contributed by atoms with van der Waals surface area (Å²) in [5.74, 6) is 0.995. The molecule has 0 aromatic heterocycles. The highest BCUT2D eigenvalue weighted by Gasteiger charge is 2.12. The second-order valence-corrected chi connectivity index (χ2v) is 7.31. The first-order valence-electron chi connectivity index (χ1n) is 8.52. The molecule has 0 bridgehead atoms. The van der Waals surface area contributed by atoms with Gasteiger partial charge in [-0.1, -0.05) is 70.0 Å². The van der Waals surface area contributed by atoms with Crippen LogP contribution in [0.15, 0.2) is 71.2 Å². The molecule has 3 aromatic rings. The Kier molecular flexibility index (Phi) is 6.76. The van der Waals surface area contributed by atoms with Gasteiger partial charge in [0.25, 0.3) is 0 Å². The number of halogens is 2. The fraction of sp³-hybridized carbons (Fsp3) is 0.0870. The van der Waals surface area contributed by atoms with E-state index in [-0.39, 0.29) is 0 Å². The molecule has 5 heteroatoms. The number of hydrogen-bond acceptors (Lipinski definition) is 3. The summed E-state index contributed by atoms with van der Waals surface area (Å²) >= 11 is 9.85. The molecule has 0 radical (unpaired) electrons. The van der Waals surface area contributed by atoms with Crippen LogP contribution in [0, 0.1) is 11.3 Å². The smallest absolute Gasteiger partial charge is 0.180 e. The van der Waals surface area contributed by atoms with E-state index < -0.39 is 0 Å². The summed E-state index contributed by atoms with van der Waals surface area (Å²) in [6, 6.07) is 23.2. The third-order valence-corrected chi connectivity index (χ3v) is 4.87. The van der Waals surface area contributed by atoms with Gasteiger partial charge in [0.1, 0.15) is 6.61 Å². The normalized spacial score (nSPS) is 11.0. The topological polar surface area (TPSA) is 42.2 Å². The van der Waals surface area contributed by atoms with Crippen molar-refractivity contribution < 1.29 is 9.47 Å². The Hall–Kier alpha value is -2.74. The van der Waals surface area contributed by atoms with Crippen molar-refractivity contribution in [2.75, 3.05) is 7.11 Å². The highest BCUT2D eigenvalue weighted by molar-refractivity contribution is 9.10. The molecule has 0 amide bonds. The number of methoxy groups -OCH3 is 1. The van der Waals surface area contributed by atoms with Gasteiger partial charge in [0, 0.05) is 4.47 Å². The van der Waals surface area contributed by atoms with E-state index in [0.717, 1.165) is 21.2 Å². The molecule has 0 unspecified atom stereocenters. The number of hydrogen-bond donors (Lipinski definition) is 0. The quantitative estimate of drug-likeness (QED) is 0.305. The molecule has 0 fully saturated rings. The maximum atomic E-state index is 9.55. The Morgan fingerprint density at radius 2 is 1.82 bits per heavy atom. The first-order valence-corrected chi connectivity index (χ1v) is 9.70. The number of benzene rings is 3. The number of rotatable bonds is 6. The summed E-state index contributed by atoms with van der Waals surface area (Å²) in [6.07, 6.45) is 1.78.